The second kappa shape index (κ2) is 7.33. The lowest BCUT2D eigenvalue weighted by Crippen LogP contribution is -2.41. The van der Waals surface area contributed by atoms with E-state index in [4.69, 9.17) is 9.31 Å². The van der Waals surface area contributed by atoms with E-state index in [0.717, 1.165) is 21.3 Å². The van der Waals surface area contributed by atoms with Gasteiger partial charge in [-0.1, -0.05) is 18.2 Å². The summed E-state index contributed by atoms with van der Waals surface area (Å²) in [5.74, 6) is 0. The van der Waals surface area contributed by atoms with Gasteiger partial charge >= 0.3 is 12.8 Å². The number of nitrogens with zero attached hydrogens (tertiary/aromatic N) is 4. The standard InChI is InChI=1S/C25H27BN4O4/c1-24(2)25(3,4)34-26(33-24)17-11-8-12-30-19(16-10-7-9-15(13-16)14-27)18-21(20(17)30)28(5)23(32)29(6)22(18)31/h7,9-11,13H,8,12H2,1-6H3. The number of nitriles is 1. The Balaban J connectivity index is 1.87. The molecule has 0 bridgehead atoms. The van der Waals surface area contributed by atoms with Crippen LogP contribution in [0.25, 0.3) is 27.6 Å². The van der Waals surface area contributed by atoms with Gasteiger partial charge in [-0.3, -0.25) is 13.9 Å². The van der Waals surface area contributed by atoms with E-state index in [0.29, 0.717) is 35.1 Å². The molecule has 8 nitrogen and oxygen atoms in total. The maximum absolute atomic E-state index is 13.5. The molecule has 5 rings (SSSR count). The second-order valence-corrected chi connectivity index (χ2v) is 10.0. The Bertz CT molecular complexity index is 1530. The van der Waals surface area contributed by atoms with Gasteiger partial charge in [0.1, 0.15) is 0 Å². The lowest BCUT2D eigenvalue weighted by atomic mass is 9.74. The number of hydrogen-bond donors (Lipinski definition) is 0. The monoisotopic (exact) mass is 458 g/mol. The summed E-state index contributed by atoms with van der Waals surface area (Å²) in [5, 5.41) is 9.91. The predicted molar refractivity (Wildman–Crippen MR) is 131 cm³/mol. The topological polar surface area (TPSA) is 91.2 Å². The molecule has 2 aromatic heterocycles. The molecule has 1 saturated heterocycles. The molecule has 0 aliphatic carbocycles. The van der Waals surface area contributed by atoms with E-state index in [2.05, 4.69) is 16.7 Å². The van der Waals surface area contributed by atoms with Crippen LogP contribution >= 0.6 is 0 Å². The normalized spacial score (nSPS) is 18.6. The van der Waals surface area contributed by atoms with Crippen LogP contribution in [0.5, 0.6) is 0 Å². The van der Waals surface area contributed by atoms with Gasteiger partial charge in [0.2, 0.25) is 0 Å². The first-order valence-electron chi connectivity index (χ1n) is 11.4. The van der Waals surface area contributed by atoms with E-state index in [1.54, 1.807) is 25.2 Å². The third kappa shape index (κ3) is 2.99. The van der Waals surface area contributed by atoms with Gasteiger partial charge < -0.3 is 13.9 Å². The molecule has 2 aliphatic heterocycles. The summed E-state index contributed by atoms with van der Waals surface area (Å²) in [6.07, 6.45) is 2.79. The second-order valence-electron chi connectivity index (χ2n) is 10.0. The molecule has 9 heteroatoms. The van der Waals surface area contributed by atoms with E-state index >= 15 is 0 Å². The van der Waals surface area contributed by atoms with E-state index in [1.165, 1.54) is 11.6 Å². The number of benzene rings is 1. The highest BCUT2D eigenvalue weighted by Crippen LogP contribution is 2.44. The van der Waals surface area contributed by atoms with Crippen LogP contribution in [0.4, 0.5) is 0 Å². The molecule has 0 unspecified atom stereocenters. The first kappa shape index (κ1) is 22.4. The van der Waals surface area contributed by atoms with Gasteiger partial charge in [-0.05, 0) is 46.2 Å². The Morgan fingerprint density at radius 3 is 2.35 bits per heavy atom. The van der Waals surface area contributed by atoms with Crippen LogP contribution in [0.3, 0.4) is 0 Å². The van der Waals surface area contributed by atoms with Crippen molar-refractivity contribution >= 4 is 23.5 Å². The summed E-state index contributed by atoms with van der Waals surface area (Å²) >= 11 is 0. The van der Waals surface area contributed by atoms with Crippen molar-refractivity contribution in [3.8, 4) is 17.3 Å². The van der Waals surface area contributed by atoms with Crippen molar-refractivity contribution < 1.29 is 9.31 Å². The van der Waals surface area contributed by atoms with E-state index in [-0.39, 0.29) is 5.56 Å². The van der Waals surface area contributed by atoms with Gasteiger partial charge in [0.25, 0.3) is 5.56 Å². The minimum absolute atomic E-state index is 0.370. The fourth-order valence-electron chi connectivity index (χ4n) is 4.89. The van der Waals surface area contributed by atoms with Crippen LogP contribution in [0, 0.1) is 11.3 Å². The Morgan fingerprint density at radius 1 is 1.03 bits per heavy atom. The quantitative estimate of drug-likeness (QED) is 0.551. The van der Waals surface area contributed by atoms with Gasteiger partial charge in [-0.2, -0.15) is 5.26 Å². The Morgan fingerprint density at radius 2 is 1.71 bits per heavy atom. The first-order valence-corrected chi connectivity index (χ1v) is 11.4. The summed E-state index contributed by atoms with van der Waals surface area (Å²) in [6.45, 7) is 8.61. The average molecular weight is 458 g/mol. The highest BCUT2D eigenvalue weighted by atomic mass is 16.7. The molecule has 34 heavy (non-hydrogen) atoms. The smallest absolute Gasteiger partial charge is 0.399 e. The maximum atomic E-state index is 13.5. The molecule has 0 atom stereocenters. The Kier molecular flexibility index (Phi) is 4.84. The number of rotatable bonds is 2. The molecule has 0 N–H and O–H groups in total. The summed E-state index contributed by atoms with van der Waals surface area (Å²) in [6, 6.07) is 9.38. The Hall–Kier alpha value is -3.35. The fraction of sp³-hybridized carbons (Fsp3) is 0.400. The van der Waals surface area contributed by atoms with Gasteiger partial charge in [0.15, 0.2) is 0 Å². The third-order valence-electron chi connectivity index (χ3n) is 7.43. The molecular formula is C25H27BN4O4. The number of allylic oxidation sites excluding steroid dienone is 1. The molecule has 1 aromatic carbocycles. The zero-order valence-electron chi connectivity index (χ0n) is 20.3. The number of aromatic nitrogens is 3. The third-order valence-corrected chi connectivity index (χ3v) is 7.43. The molecule has 0 amide bonds. The van der Waals surface area contributed by atoms with E-state index < -0.39 is 24.0 Å². The van der Waals surface area contributed by atoms with Crippen LogP contribution in [-0.4, -0.2) is 32.0 Å². The van der Waals surface area contributed by atoms with Crippen LogP contribution in [0.2, 0.25) is 0 Å². The van der Waals surface area contributed by atoms with Gasteiger partial charge in [-0.25, -0.2) is 4.79 Å². The molecule has 4 heterocycles. The maximum Gasteiger partial charge on any atom is 0.496 e. The molecule has 0 saturated carbocycles. The van der Waals surface area contributed by atoms with Crippen LogP contribution in [0.1, 0.15) is 45.4 Å². The largest absolute Gasteiger partial charge is 0.496 e. The van der Waals surface area contributed by atoms with Crippen LogP contribution in [0.15, 0.2) is 39.9 Å². The molecule has 0 spiro atoms. The van der Waals surface area contributed by atoms with Crippen LogP contribution < -0.4 is 11.2 Å². The average Bonchev–Trinajstić information content (AvgIpc) is 3.26. The van der Waals surface area contributed by atoms with Crippen molar-refractivity contribution in [3.05, 3.63) is 62.4 Å². The van der Waals surface area contributed by atoms with Crippen molar-refractivity contribution in [1.29, 1.82) is 5.26 Å². The zero-order valence-corrected chi connectivity index (χ0v) is 20.3. The van der Waals surface area contributed by atoms with Gasteiger partial charge in [0, 0.05) is 31.7 Å². The number of aryl methyl sites for hydroxylation is 1. The van der Waals surface area contributed by atoms with Gasteiger partial charge in [-0.15, -0.1) is 0 Å². The molecule has 1 fully saturated rings. The van der Waals surface area contributed by atoms with Crippen molar-refractivity contribution in [2.45, 2.75) is 51.9 Å². The minimum atomic E-state index is -0.639. The lowest BCUT2D eigenvalue weighted by molar-refractivity contribution is 0.00578. The summed E-state index contributed by atoms with van der Waals surface area (Å²) in [7, 11) is 2.53. The van der Waals surface area contributed by atoms with E-state index in [1.807, 2.05) is 33.8 Å². The number of fused-ring (bicyclic) bond motifs is 3. The summed E-state index contributed by atoms with van der Waals surface area (Å²) in [4.78, 5) is 26.5. The highest BCUT2D eigenvalue weighted by Gasteiger charge is 2.53. The molecule has 174 valence electrons. The van der Waals surface area contributed by atoms with Crippen molar-refractivity contribution in [3.63, 3.8) is 0 Å². The van der Waals surface area contributed by atoms with Gasteiger partial charge in [0.05, 0.1) is 45.1 Å². The highest BCUT2D eigenvalue weighted by molar-refractivity contribution is 6.69. The first-order chi connectivity index (χ1) is 16.0. The fourth-order valence-corrected chi connectivity index (χ4v) is 4.89. The summed E-state index contributed by atoms with van der Waals surface area (Å²) in [5.41, 5.74) is 2.21. The molecule has 2 aliphatic rings. The Labute approximate surface area is 197 Å². The van der Waals surface area contributed by atoms with Crippen molar-refractivity contribution in [1.82, 2.24) is 13.7 Å². The summed E-state index contributed by atoms with van der Waals surface area (Å²) < 4.78 is 17.5. The predicted octanol–water partition coefficient (Wildman–Crippen LogP) is 3.00. The van der Waals surface area contributed by atoms with Crippen LogP contribution in [-0.2, 0) is 29.9 Å². The molecule has 0 radical (unpaired) electrons. The lowest BCUT2D eigenvalue weighted by Gasteiger charge is -2.32. The zero-order chi connectivity index (χ0) is 24.6. The van der Waals surface area contributed by atoms with E-state index in [9.17, 15) is 14.9 Å². The van der Waals surface area contributed by atoms with Crippen molar-refractivity contribution in [2.24, 2.45) is 14.1 Å². The molecular weight excluding hydrogens is 431 g/mol. The SMILES string of the molecule is Cn1c(=O)c2c(-c3cccc(C#N)c3)n3c(c2n(C)c1=O)C(B1OC(C)(C)C(C)(C)O1)=CCC3. The van der Waals surface area contributed by atoms with Crippen molar-refractivity contribution in [2.75, 3.05) is 0 Å². The number of hydrogen-bond acceptors (Lipinski definition) is 5. The molecule has 3 aromatic rings. The minimum Gasteiger partial charge on any atom is -0.399 e.